The van der Waals surface area contributed by atoms with Crippen LogP contribution in [0.2, 0.25) is 0 Å². The van der Waals surface area contributed by atoms with Crippen molar-refractivity contribution in [1.82, 2.24) is 10.2 Å². The molecule has 0 aliphatic rings. The lowest BCUT2D eigenvalue weighted by molar-refractivity contribution is 0.135. The largest absolute Gasteiger partial charge is 0.445 e. The maximum atomic E-state index is 12.3. The van der Waals surface area contributed by atoms with Crippen LogP contribution in [0.5, 0.6) is 0 Å². The van der Waals surface area contributed by atoms with Crippen LogP contribution >= 0.6 is 11.8 Å². The first-order valence-electron chi connectivity index (χ1n) is 9.40. The molecular formula is C22H30N2O2S. The average Bonchev–Trinajstić information content (AvgIpc) is 2.69. The molecule has 0 aliphatic carbocycles. The van der Waals surface area contributed by atoms with Crippen LogP contribution in [-0.4, -0.2) is 42.4 Å². The summed E-state index contributed by atoms with van der Waals surface area (Å²) < 4.78 is 5.39. The predicted octanol–water partition coefficient (Wildman–Crippen LogP) is 4.80. The van der Waals surface area contributed by atoms with Crippen LogP contribution in [0.1, 0.15) is 25.8 Å². The summed E-state index contributed by atoms with van der Waals surface area (Å²) in [6.45, 7) is 5.57. The van der Waals surface area contributed by atoms with Gasteiger partial charge in [-0.15, -0.1) is 11.8 Å². The number of carbonyl (C=O) groups excluding carboxylic acids is 1. The third-order valence-electron chi connectivity index (χ3n) is 4.44. The van der Waals surface area contributed by atoms with Crippen molar-refractivity contribution in [2.24, 2.45) is 0 Å². The van der Waals surface area contributed by atoms with Gasteiger partial charge in [0.1, 0.15) is 6.61 Å². The molecule has 0 aromatic heterocycles. The first-order chi connectivity index (χ1) is 13.0. The lowest BCUT2D eigenvalue weighted by Gasteiger charge is -2.25. The molecular weight excluding hydrogens is 356 g/mol. The molecule has 2 rings (SSSR count). The van der Waals surface area contributed by atoms with E-state index in [9.17, 15) is 4.79 Å². The Morgan fingerprint density at radius 2 is 1.70 bits per heavy atom. The molecule has 0 radical (unpaired) electrons. The quantitative estimate of drug-likeness (QED) is 0.595. The first-order valence-corrected chi connectivity index (χ1v) is 10.4. The number of amides is 1. The fourth-order valence-electron chi connectivity index (χ4n) is 2.46. The topological polar surface area (TPSA) is 41.6 Å². The van der Waals surface area contributed by atoms with Crippen molar-refractivity contribution < 1.29 is 9.53 Å². The van der Waals surface area contributed by atoms with Gasteiger partial charge in [0.25, 0.3) is 0 Å². The fourth-order valence-corrected chi connectivity index (χ4v) is 3.45. The van der Waals surface area contributed by atoms with E-state index in [2.05, 4.69) is 43.2 Å². The predicted molar refractivity (Wildman–Crippen MR) is 113 cm³/mol. The van der Waals surface area contributed by atoms with Gasteiger partial charge in [0, 0.05) is 29.3 Å². The third kappa shape index (κ3) is 8.50. The minimum Gasteiger partial charge on any atom is -0.445 e. The Morgan fingerprint density at radius 3 is 2.33 bits per heavy atom. The van der Waals surface area contributed by atoms with Gasteiger partial charge in [0.05, 0.1) is 0 Å². The highest BCUT2D eigenvalue weighted by Crippen LogP contribution is 2.19. The summed E-state index contributed by atoms with van der Waals surface area (Å²) in [6.07, 6.45) is 0.527. The second-order valence-corrected chi connectivity index (χ2v) is 7.98. The van der Waals surface area contributed by atoms with Gasteiger partial charge in [-0.1, -0.05) is 48.5 Å². The number of alkyl carbamates (subject to hydrolysis) is 1. The summed E-state index contributed by atoms with van der Waals surface area (Å²) in [5.41, 5.74) is 0.988. The lowest BCUT2D eigenvalue weighted by Crippen LogP contribution is -2.40. The zero-order valence-electron chi connectivity index (χ0n) is 16.4. The average molecular weight is 387 g/mol. The molecule has 2 aromatic carbocycles. The molecule has 146 valence electrons. The van der Waals surface area contributed by atoms with Crippen molar-refractivity contribution in [3.8, 4) is 0 Å². The Hall–Kier alpha value is -1.98. The maximum Gasteiger partial charge on any atom is 0.407 e. The van der Waals surface area contributed by atoms with E-state index in [1.54, 1.807) is 11.8 Å². The van der Waals surface area contributed by atoms with Crippen LogP contribution in [-0.2, 0) is 11.3 Å². The maximum absolute atomic E-state index is 12.3. The minimum absolute atomic E-state index is 0.0553. The number of nitrogens with zero attached hydrogens (tertiary/aromatic N) is 1. The number of hydrogen-bond donors (Lipinski definition) is 1. The standard InChI is InChI=1S/C22H30N2O2S/c1-18(2)24(3)15-14-20(17-27-21-12-8-5-9-13-21)23-22(25)26-16-19-10-6-4-7-11-19/h4-13,18,20H,14-17H2,1-3H3,(H,23,25)/t20-/m1/s1. The number of nitrogens with one attached hydrogen (secondary N) is 1. The number of carbonyl (C=O) groups is 1. The second-order valence-electron chi connectivity index (χ2n) is 6.89. The van der Waals surface area contributed by atoms with Crippen LogP contribution in [0.3, 0.4) is 0 Å². The second kappa shape index (κ2) is 11.7. The Morgan fingerprint density at radius 1 is 1.07 bits per heavy atom. The summed E-state index contributed by atoms with van der Waals surface area (Å²) in [6, 6.07) is 20.5. The number of hydrogen-bond acceptors (Lipinski definition) is 4. The van der Waals surface area contributed by atoms with Crippen molar-refractivity contribution in [3.63, 3.8) is 0 Å². The van der Waals surface area contributed by atoms with Gasteiger partial charge in [-0.25, -0.2) is 4.79 Å². The third-order valence-corrected chi connectivity index (χ3v) is 5.62. The van der Waals surface area contributed by atoms with E-state index in [4.69, 9.17) is 4.74 Å². The molecule has 2 aromatic rings. The number of ether oxygens (including phenoxy) is 1. The minimum atomic E-state index is -0.357. The molecule has 0 spiro atoms. The van der Waals surface area contributed by atoms with Crippen LogP contribution in [0.4, 0.5) is 4.79 Å². The van der Waals surface area contributed by atoms with Gasteiger partial charge < -0.3 is 15.0 Å². The fraction of sp³-hybridized carbons (Fsp3) is 0.409. The summed E-state index contributed by atoms with van der Waals surface area (Å²) in [5.74, 6) is 0.816. The number of rotatable bonds is 10. The monoisotopic (exact) mass is 386 g/mol. The summed E-state index contributed by atoms with van der Waals surface area (Å²) in [5, 5.41) is 3.04. The van der Waals surface area contributed by atoms with Crippen LogP contribution in [0.25, 0.3) is 0 Å². The van der Waals surface area contributed by atoms with Crippen molar-refractivity contribution in [2.45, 2.75) is 43.9 Å². The highest BCUT2D eigenvalue weighted by Gasteiger charge is 2.16. The van der Waals surface area contributed by atoms with Gasteiger partial charge in [0.2, 0.25) is 0 Å². The van der Waals surface area contributed by atoms with Crippen molar-refractivity contribution in [2.75, 3.05) is 19.3 Å². The van der Waals surface area contributed by atoms with Gasteiger partial charge in [0.15, 0.2) is 0 Å². The van der Waals surface area contributed by atoms with Crippen LogP contribution < -0.4 is 5.32 Å². The molecule has 0 unspecified atom stereocenters. The Bertz CT molecular complexity index is 665. The summed E-state index contributed by atoms with van der Waals surface area (Å²) >= 11 is 1.76. The SMILES string of the molecule is CC(C)N(C)CC[C@H](CSc1ccccc1)NC(=O)OCc1ccccc1. The molecule has 1 amide bonds. The van der Waals surface area contributed by atoms with Crippen LogP contribution in [0.15, 0.2) is 65.6 Å². The molecule has 0 bridgehead atoms. The molecule has 5 heteroatoms. The van der Waals surface area contributed by atoms with E-state index in [1.807, 2.05) is 48.5 Å². The Kier molecular flexibility index (Phi) is 9.22. The van der Waals surface area contributed by atoms with Gasteiger partial charge in [-0.05, 0) is 45.0 Å². The van der Waals surface area contributed by atoms with E-state index in [0.717, 1.165) is 24.3 Å². The first kappa shape index (κ1) is 21.3. The van der Waals surface area contributed by atoms with Crippen molar-refractivity contribution in [3.05, 3.63) is 66.2 Å². The van der Waals surface area contributed by atoms with Gasteiger partial charge >= 0.3 is 6.09 Å². The highest BCUT2D eigenvalue weighted by molar-refractivity contribution is 7.99. The zero-order valence-corrected chi connectivity index (χ0v) is 17.2. The van der Waals surface area contributed by atoms with Crippen molar-refractivity contribution in [1.29, 1.82) is 0 Å². The zero-order chi connectivity index (χ0) is 19.5. The van der Waals surface area contributed by atoms with E-state index in [-0.39, 0.29) is 18.7 Å². The molecule has 4 nitrogen and oxygen atoms in total. The number of benzene rings is 2. The lowest BCUT2D eigenvalue weighted by atomic mass is 10.2. The molecule has 1 N–H and O–H groups in total. The Balaban J connectivity index is 1.86. The molecule has 0 saturated heterocycles. The van der Waals surface area contributed by atoms with E-state index in [0.29, 0.717) is 6.04 Å². The van der Waals surface area contributed by atoms with Gasteiger partial charge in [-0.2, -0.15) is 0 Å². The van der Waals surface area contributed by atoms with E-state index in [1.165, 1.54) is 4.90 Å². The number of thioether (sulfide) groups is 1. The normalized spacial score (nSPS) is 12.2. The van der Waals surface area contributed by atoms with E-state index >= 15 is 0 Å². The molecule has 0 aliphatic heterocycles. The molecule has 0 saturated carbocycles. The van der Waals surface area contributed by atoms with Gasteiger partial charge in [-0.3, -0.25) is 0 Å². The molecule has 0 heterocycles. The smallest absolute Gasteiger partial charge is 0.407 e. The highest BCUT2D eigenvalue weighted by atomic mass is 32.2. The van der Waals surface area contributed by atoms with E-state index < -0.39 is 0 Å². The molecule has 0 fully saturated rings. The van der Waals surface area contributed by atoms with Crippen LogP contribution in [0, 0.1) is 0 Å². The summed E-state index contributed by atoms with van der Waals surface area (Å²) in [4.78, 5) is 15.8. The Labute approximate surface area is 167 Å². The molecule has 1 atom stereocenters. The summed E-state index contributed by atoms with van der Waals surface area (Å²) in [7, 11) is 2.11. The molecule has 27 heavy (non-hydrogen) atoms. The van der Waals surface area contributed by atoms with Crippen molar-refractivity contribution >= 4 is 17.9 Å².